The lowest BCUT2D eigenvalue weighted by Crippen LogP contribution is -1.89. The molecule has 2 aromatic carbocycles. The third-order valence-electron chi connectivity index (χ3n) is 2.15. The van der Waals surface area contributed by atoms with Gasteiger partial charge in [0.05, 0.1) is 0 Å². The van der Waals surface area contributed by atoms with E-state index < -0.39 is 5.24 Å². The minimum absolute atomic E-state index is 0.181. The number of phenols is 1. The number of carbonyl (C=O) groups excluding carboxylic acids is 1. The van der Waals surface area contributed by atoms with Crippen LogP contribution in [0.15, 0.2) is 48.5 Å². The molecule has 0 unspecified atom stereocenters. The van der Waals surface area contributed by atoms with Gasteiger partial charge in [0, 0.05) is 5.56 Å². The Kier molecular flexibility index (Phi) is 3.30. The number of carbonyl (C=O) groups is 1. The van der Waals surface area contributed by atoms with Crippen LogP contribution in [0.3, 0.4) is 0 Å². The Balaban J connectivity index is 2.13. The van der Waals surface area contributed by atoms with E-state index >= 15 is 0 Å². The summed E-state index contributed by atoms with van der Waals surface area (Å²) in [5, 5.41) is 8.61. The van der Waals surface area contributed by atoms with Crippen LogP contribution in [0, 0.1) is 0 Å². The molecule has 0 aliphatic carbocycles. The van der Waals surface area contributed by atoms with E-state index in [0.717, 1.165) is 0 Å². The maximum atomic E-state index is 10.8. The van der Waals surface area contributed by atoms with Crippen molar-refractivity contribution in [2.45, 2.75) is 0 Å². The molecule has 0 radical (unpaired) electrons. The zero-order chi connectivity index (χ0) is 12.3. The van der Waals surface area contributed by atoms with Crippen LogP contribution in [0.5, 0.6) is 17.2 Å². The lowest BCUT2D eigenvalue weighted by atomic mass is 10.2. The second-order valence-electron chi connectivity index (χ2n) is 3.39. The Morgan fingerprint density at radius 2 is 1.41 bits per heavy atom. The molecule has 2 aromatic rings. The lowest BCUT2D eigenvalue weighted by Gasteiger charge is -2.05. The summed E-state index contributed by atoms with van der Waals surface area (Å²) >= 11 is 5.33. The fraction of sp³-hybridized carbons (Fsp3) is 0. The van der Waals surface area contributed by atoms with Gasteiger partial charge < -0.3 is 9.84 Å². The largest absolute Gasteiger partial charge is 0.508 e. The van der Waals surface area contributed by atoms with E-state index in [1.807, 2.05) is 0 Å². The van der Waals surface area contributed by atoms with E-state index in [2.05, 4.69) is 0 Å². The Bertz CT molecular complexity index is 517. The van der Waals surface area contributed by atoms with Gasteiger partial charge >= 0.3 is 0 Å². The maximum absolute atomic E-state index is 10.8. The van der Waals surface area contributed by atoms with E-state index in [9.17, 15) is 4.79 Å². The van der Waals surface area contributed by atoms with Gasteiger partial charge in [0.1, 0.15) is 17.2 Å². The Morgan fingerprint density at radius 3 is 1.88 bits per heavy atom. The first-order chi connectivity index (χ1) is 8.15. The Morgan fingerprint density at radius 1 is 0.941 bits per heavy atom. The summed E-state index contributed by atoms with van der Waals surface area (Å²) < 4.78 is 5.50. The topological polar surface area (TPSA) is 46.5 Å². The monoisotopic (exact) mass is 248 g/mol. The average molecular weight is 249 g/mol. The Hall–Kier alpha value is -2.00. The van der Waals surface area contributed by atoms with Crippen LogP contribution in [-0.2, 0) is 0 Å². The summed E-state index contributed by atoms with van der Waals surface area (Å²) in [4.78, 5) is 10.8. The molecule has 0 saturated heterocycles. The normalized spacial score (nSPS) is 9.94. The summed E-state index contributed by atoms with van der Waals surface area (Å²) in [6.07, 6.45) is 0. The van der Waals surface area contributed by atoms with E-state index in [4.69, 9.17) is 21.4 Å². The van der Waals surface area contributed by atoms with Crippen molar-refractivity contribution in [3.63, 3.8) is 0 Å². The number of phenolic OH excluding ortho intramolecular Hbond substituents is 1. The Labute approximate surface area is 103 Å². The van der Waals surface area contributed by atoms with Crippen molar-refractivity contribution in [3.05, 3.63) is 54.1 Å². The van der Waals surface area contributed by atoms with Crippen LogP contribution in [0.1, 0.15) is 10.4 Å². The lowest BCUT2D eigenvalue weighted by molar-refractivity contribution is 0.108. The molecule has 86 valence electrons. The zero-order valence-corrected chi connectivity index (χ0v) is 9.52. The molecule has 3 nitrogen and oxygen atoms in total. The van der Waals surface area contributed by atoms with Crippen molar-refractivity contribution in [2.75, 3.05) is 0 Å². The molecule has 2 rings (SSSR count). The fourth-order valence-corrected chi connectivity index (χ4v) is 1.43. The van der Waals surface area contributed by atoms with Gasteiger partial charge in [0.2, 0.25) is 0 Å². The van der Waals surface area contributed by atoms with E-state index in [1.165, 1.54) is 12.1 Å². The minimum atomic E-state index is -0.499. The summed E-state index contributed by atoms with van der Waals surface area (Å²) in [5.74, 6) is 1.38. The van der Waals surface area contributed by atoms with Gasteiger partial charge in [0.25, 0.3) is 5.24 Å². The van der Waals surface area contributed by atoms with Crippen molar-refractivity contribution in [1.29, 1.82) is 0 Å². The summed E-state index contributed by atoms with van der Waals surface area (Å²) in [7, 11) is 0. The first kappa shape index (κ1) is 11.5. The molecular formula is C13H9ClO3. The van der Waals surface area contributed by atoms with Gasteiger partial charge in [-0.15, -0.1) is 0 Å². The number of ether oxygens (including phenoxy) is 1. The molecule has 4 heteroatoms. The second kappa shape index (κ2) is 4.89. The molecule has 0 fully saturated rings. The third-order valence-corrected chi connectivity index (χ3v) is 2.37. The number of rotatable bonds is 3. The quantitative estimate of drug-likeness (QED) is 0.845. The average Bonchev–Trinajstić information content (AvgIpc) is 2.33. The van der Waals surface area contributed by atoms with E-state index in [1.54, 1.807) is 36.4 Å². The van der Waals surface area contributed by atoms with Crippen LogP contribution in [0.2, 0.25) is 0 Å². The summed E-state index contributed by atoms with van der Waals surface area (Å²) in [6.45, 7) is 0. The fourth-order valence-electron chi connectivity index (χ4n) is 1.30. The third kappa shape index (κ3) is 2.98. The van der Waals surface area contributed by atoms with Crippen LogP contribution >= 0.6 is 11.6 Å². The van der Waals surface area contributed by atoms with Crippen molar-refractivity contribution >= 4 is 16.8 Å². The van der Waals surface area contributed by atoms with Crippen molar-refractivity contribution in [1.82, 2.24) is 0 Å². The first-order valence-corrected chi connectivity index (χ1v) is 5.30. The van der Waals surface area contributed by atoms with Gasteiger partial charge in [-0.25, -0.2) is 0 Å². The van der Waals surface area contributed by atoms with Crippen molar-refractivity contribution in [2.24, 2.45) is 0 Å². The molecule has 0 bridgehead atoms. The summed E-state index contributed by atoms with van der Waals surface area (Å²) in [6, 6.07) is 12.9. The second-order valence-corrected chi connectivity index (χ2v) is 3.74. The van der Waals surface area contributed by atoms with Gasteiger partial charge in [-0.2, -0.15) is 0 Å². The van der Waals surface area contributed by atoms with Crippen LogP contribution in [-0.4, -0.2) is 10.3 Å². The van der Waals surface area contributed by atoms with Gasteiger partial charge in [-0.05, 0) is 60.1 Å². The molecule has 0 heterocycles. The predicted octanol–water partition coefficient (Wildman–Crippen LogP) is 3.56. The molecule has 0 atom stereocenters. The maximum Gasteiger partial charge on any atom is 0.252 e. The molecular weight excluding hydrogens is 240 g/mol. The number of hydrogen-bond acceptors (Lipinski definition) is 3. The standard InChI is InChI=1S/C13H9ClO3/c14-13(16)9-1-5-11(6-2-9)17-12-7-3-10(15)4-8-12/h1-8,15H. The van der Waals surface area contributed by atoms with E-state index in [0.29, 0.717) is 17.1 Å². The molecule has 0 aromatic heterocycles. The molecule has 0 spiro atoms. The molecule has 0 amide bonds. The van der Waals surface area contributed by atoms with E-state index in [-0.39, 0.29) is 5.75 Å². The molecule has 1 N–H and O–H groups in total. The number of benzene rings is 2. The van der Waals surface area contributed by atoms with Gasteiger partial charge in [0.15, 0.2) is 0 Å². The number of aromatic hydroxyl groups is 1. The first-order valence-electron chi connectivity index (χ1n) is 4.92. The zero-order valence-electron chi connectivity index (χ0n) is 8.76. The van der Waals surface area contributed by atoms with Crippen molar-refractivity contribution < 1.29 is 14.6 Å². The SMILES string of the molecule is O=C(Cl)c1ccc(Oc2ccc(O)cc2)cc1. The predicted molar refractivity (Wildman–Crippen MR) is 64.8 cm³/mol. The minimum Gasteiger partial charge on any atom is -0.508 e. The molecule has 0 aliphatic heterocycles. The number of hydrogen-bond donors (Lipinski definition) is 1. The van der Waals surface area contributed by atoms with Crippen LogP contribution < -0.4 is 4.74 Å². The molecule has 0 aliphatic rings. The van der Waals surface area contributed by atoms with Gasteiger partial charge in [-0.1, -0.05) is 0 Å². The number of halogens is 1. The highest BCUT2D eigenvalue weighted by Gasteiger charge is 2.02. The van der Waals surface area contributed by atoms with Crippen molar-refractivity contribution in [3.8, 4) is 17.2 Å². The molecule has 17 heavy (non-hydrogen) atoms. The van der Waals surface area contributed by atoms with Crippen LogP contribution in [0.25, 0.3) is 0 Å². The molecule has 0 saturated carbocycles. The smallest absolute Gasteiger partial charge is 0.252 e. The highest BCUT2D eigenvalue weighted by atomic mass is 35.5. The highest BCUT2D eigenvalue weighted by Crippen LogP contribution is 2.23. The van der Waals surface area contributed by atoms with Crippen LogP contribution in [0.4, 0.5) is 0 Å². The summed E-state index contributed by atoms with van der Waals surface area (Å²) in [5.41, 5.74) is 0.421. The highest BCUT2D eigenvalue weighted by molar-refractivity contribution is 6.67. The van der Waals surface area contributed by atoms with Gasteiger partial charge in [-0.3, -0.25) is 4.79 Å².